The summed E-state index contributed by atoms with van der Waals surface area (Å²) in [4.78, 5) is 16.5. The van der Waals surface area contributed by atoms with Gasteiger partial charge in [0.15, 0.2) is 17.3 Å². The lowest BCUT2D eigenvalue weighted by atomic mass is 10.1. The van der Waals surface area contributed by atoms with Crippen molar-refractivity contribution < 1.29 is 31.1 Å². The van der Waals surface area contributed by atoms with Crippen molar-refractivity contribution in [3.05, 3.63) is 70.6 Å². The normalized spacial score (nSPS) is 13.9. The van der Waals surface area contributed by atoms with Crippen LogP contribution in [0.2, 0.25) is 0 Å². The molecule has 0 bridgehead atoms. The number of nitrogens with one attached hydrogen (secondary N) is 2. The molecule has 0 saturated carbocycles. The summed E-state index contributed by atoms with van der Waals surface area (Å²) in [6.45, 7) is 1.51. The summed E-state index contributed by atoms with van der Waals surface area (Å²) in [5.41, 5.74) is 1.73. The van der Waals surface area contributed by atoms with Crippen molar-refractivity contribution in [1.82, 2.24) is 10.3 Å². The molecule has 3 aromatic rings. The maximum absolute atomic E-state index is 14.2. The number of halogens is 2. The lowest BCUT2D eigenvalue weighted by Gasteiger charge is -2.15. The first kappa shape index (κ1) is 22.7. The summed E-state index contributed by atoms with van der Waals surface area (Å²) in [7, 11) is -3.86. The molecule has 33 heavy (non-hydrogen) atoms. The number of anilines is 1. The average molecular weight is 477 g/mol. The third-order valence-corrected chi connectivity index (χ3v) is 5.77. The molecule has 0 fully saturated rings. The number of oxazole rings is 1. The minimum absolute atomic E-state index is 0.0747. The zero-order valence-corrected chi connectivity index (χ0v) is 18.6. The summed E-state index contributed by atoms with van der Waals surface area (Å²) in [6.07, 6.45) is 4.91. The van der Waals surface area contributed by atoms with Crippen molar-refractivity contribution in [3.8, 4) is 11.8 Å². The number of sulfonamides is 1. The molecule has 174 valence electrons. The van der Waals surface area contributed by atoms with Crippen LogP contribution in [0.15, 0.2) is 41.0 Å². The standard InChI is InChI=1S/C22H21F2N3O5S/c1-12(15-9-17(23)20(18(24)10-15)27-33(2,29)30)25-21(28)19-11-31-22(26-19)32-16-7-6-13-4-3-5-14(13)8-16/h6-12,27H,3-5H2,1-2H3,(H,25,28)/t12-/m1/s1. The van der Waals surface area contributed by atoms with Crippen molar-refractivity contribution in [1.29, 1.82) is 0 Å². The van der Waals surface area contributed by atoms with Gasteiger partial charge in [-0.1, -0.05) is 6.07 Å². The maximum Gasteiger partial charge on any atom is 0.399 e. The summed E-state index contributed by atoms with van der Waals surface area (Å²) in [6, 6.07) is 6.78. The third kappa shape index (κ3) is 5.30. The number of hydrogen-bond acceptors (Lipinski definition) is 6. The Kier molecular flexibility index (Phi) is 6.07. The molecule has 1 aliphatic rings. The van der Waals surface area contributed by atoms with Gasteiger partial charge in [-0.25, -0.2) is 17.2 Å². The van der Waals surface area contributed by atoms with Gasteiger partial charge < -0.3 is 14.5 Å². The molecular weight excluding hydrogens is 456 g/mol. The number of rotatable bonds is 7. The highest BCUT2D eigenvalue weighted by Crippen LogP contribution is 2.29. The molecule has 1 heterocycles. The molecule has 4 rings (SSSR count). The number of fused-ring (bicyclic) bond motifs is 1. The molecule has 1 amide bonds. The van der Waals surface area contributed by atoms with Crippen molar-refractivity contribution >= 4 is 21.6 Å². The SMILES string of the molecule is C[C@@H](NC(=O)c1coc(Oc2ccc3c(c2)CCC3)n1)c1cc(F)c(NS(C)(=O)=O)c(F)c1. The molecule has 0 aliphatic heterocycles. The fourth-order valence-corrected chi connectivity index (χ4v) is 4.17. The summed E-state index contributed by atoms with van der Waals surface area (Å²) < 4.78 is 63.6. The van der Waals surface area contributed by atoms with Crippen molar-refractivity contribution in [3.63, 3.8) is 0 Å². The number of hydrogen-bond donors (Lipinski definition) is 2. The van der Waals surface area contributed by atoms with Crippen molar-refractivity contribution in [2.24, 2.45) is 0 Å². The van der Waals surface area contributed by atoms with E-state index < -0.39 is 39.3 Å². The summed E-state index contributed by atoms with van der Waals surface area (Å²) >= 11 is 0. The van der Waals surface area contributed by atoms with E-state index >= 15 is 0 Å². The molecule has 0 spiro atoms. The van der Waals surface area contributed by atoms with E-state index in [1.165, 1.54) is 18.1 Å². The number of carbonyl (C=O) groups excluding carboxylic acids is 1. The molecule has 0 unspecified atom stereocenters. The quantitative estimate of drug-likeness (QED) is 0.530. The van der Waals surface area contributed by atoms with Crippen LogP contribution in [-0.2, 0) is 22.9 Å². The van der Waals surface area contributed by atoms with Crippen LogP contribution in [0.3, 0.4) is 0 Å². The zero-order chi connectivity index (χ0) is 23.8. The Bertz CT molecular complexity index is 1300. The Balaban J connectivity index is 1.43. The van der Waals surface area contributed by atoms with E-state index in [0.717, 1.165) is 43.9 Å². The third-order valence-electron chi connectivity index (χ3n) is 5.19. The predicted molar refractivity (Wildman–Crippen MR) is 116 cm³/mol. The second-order valence-corrected chi connectivity index (χ2v) is 9.56. The van der Waals surface area contributed by atoms with Crippen LogP contribution in [0.5, 0.6) is 11.8 Å². The number of amides is 1. The summed E-state index contributed by atoms with van der Waals surface area (Å²) in [5, 5.41) is 2.56. The first-order chi connectivity index (χ1) is 15.6. The predicted octanol–water partition coefficient (Wildman–Crippen LogP) is 4.10. The molecule has 11 heteroatoms. The van der Waals surface area contributed by atoms with Gasteiger partial charge in [0.05, 0.1) is 12.3 Å². The van der Waals surface area contributed by atoms with Crippen LogP contribution in [0, 0.1) is 11.6 Å². The van der Waals surface area contributed by atoms with Gasteiger partial charge in [0, 0.05) is 0 Å². The van der Waals surface area contributed by atoms with E-state index in [1.54, 1.807) is 4.72 Å². The van der Waals surface area contributed by atoms with E-state index in [2.05, 4.69) is 10.3 Å². The van der Waals surface area contributed by atoms with Gasteiger partial charge in [0.2, 0.25) is 10.0 Å². The Morgan fingerprint density at radius 3 is 2.55 bits per heavy atom. The van der Waals surface area contributed by atoms with Crippen LogP contribution in [0.1, 0.15) is 46.6 Å². The highest BCUT2D eigenvalue weighted by Gasteiger charge is 2.21. The van der Waals surface area contributed by atoms with E-state index in [9.17, 15) is 22.0 Å². The number of nitrogens with zero attached hydrogens (tertiary/aromatic N) is 1. The fraction of sp³-hybridized carbons (Fsp3) is 0.273. The Hall–Kier alpha value is -3.47. The number of ether oxygens (including phenoxy) is 1. The van der Waals surface area contributed by atoms with E-state index in [0.29, 0.717) is 5.75 Å². The molecule has 2 N–H and O–H groups in total. The molecule has 1 aromatic heterocycles. The van der Waals surface area contributed by atoms with Gasteiger partial charge in [0.25, 0.3) is 5.91 Å². The van der Waals surface area contributed by atoms with Gasteiger partial charge in [-0.2, -0.15) is 4.98 Å². The van der Waals surface area contributed by atoms with Crippen LogP contribution >= 0.6 is 0 Å². The molecular formula is C22H21F2N3O5S. The zero-order valence-electron chi connectivity index (χ0n) is 17.8. The monoisotopic (exact) mass is 477 g/mol. The first-order valence-electron chi connectivity index (χ1n) is 10.1. The number of carbonyl (C=O) groups is 1. The second kappa shape index (κ2) is 8.81. The number of aryl methyl sites for hydroxylation is 2. The molecule has 2 aromatic carbocycles. The van der Waals surface area contributed by atoms with Gasteiger partial charge in [0.1, 0.15) is 17.7 Å². The Morgan fingerprint density at radius 1 is 1.15 bits per heavy atom. The Labute approximate surface area is 189 Å². The highest BCUT2D eigenvalue weighted by molar-refractivity contribution is 7.92. The lowest BCUT2D eigenvalue weighted by Crippen LogP contribution is -2.27. The molecule has 1 atom stereocenters. The largest absolute Gasteiger partial charge is 0.416 e. The van der Waals surface area contributed by atoms with E-state index in [-0.39, 0.29) is 17.3 Å². The smallest absolute Gasteiger partial charge is 0.399 e. The minimum atomic E-state index is -3.86. The number of benzene rings is 2. The molecule has 8 nitrogen and oxygen atoms in total. The van der Waals surface area contributed by atoms with E-state index in [1.807, 2.05) is 18.2 Å². The van der Waals surface area contributed by atoms with Gasteiger partial charge >= 0.3 is 6.08 Å². The molecule has 1 aliphatic carbocycles. The van der Waals surface area contributed by atoms with Crippen LogP contribution < -0.4 is 14.8 Å². The van der Waals surface area contributed by atoms with Gasteiger partial charge in [-0.3, -0.25) is 9.52 Å². The minimum Gasteiger partial charge on any atom is -0.416 e. The van der Waals surface area contributed by atoms with Crippen LogP contribution in [0.4, 0.5) is 14.5 Å². The van der Waals surface area contributed by atoms with E-state index in [4.69, 9.17) is 9.15 Å². The lowest BCUT2D eigenvalue weighted by molar-refractivity contribution is 0.0934. The molecule has 0 radical (unpaired) electrons. The maximum atomic E-state index is 14.2. The Morgan fingerprint density at radius 2 is 1.85 bits per heavy atom. The average Bonchev–Trinajstić information content (AvgIpc) is 3.39. The van der Waals surface area contributed by atoms with Gasteiger partial charge in [-0.15, -0.1) is 0 Å². The van der Waals surface area contributed by atoms with Crippen molar-refractivity contribution in [2.75, 3.05) is 11.0 Å². The topological polar surface area (TPSA) is 111 Å². The summed E-state index contributed by atoms with van der Waals surface area (Å²) in [5.74, 6) is -2.31. The van der Waals surface area contributed by atoms with Gasteiger partial charge in [-0.05, 0) is 67.1 Å². The van der Waals surface area contributed by atoms with Crippen LogP contribution in [-0.4, -0.2) is 25.6 Å². The highest BCUT2D eigenvalue weighted by atomic mass is 32.2. The molecule has 0 saturated heterocycles. The second-order valence-electron chi connectivity index (χ2n) is 7.81. The fourth-order valence-electron chi connectivity index (χ4n) is 3.60. The number of aromatic nitrogens is 1. The first-order valence-corrected chi connectivity index (χ1v) is 12.0. The van der Waals surface area contributed by atoms with Crippen LogP contribution in [0.25, 0.3) is 0 Å². The van der Waals surface area contributed by atoms with Crippen molar-refractivity contribution in [2.45, 2.75) is 32.2 Å².